The molecule has 18 heavy (non-hydrogen) atoms. The molecule has 0 aromatic carbocycles. The van der Waals surface area contributed by atoms with Gasteiger partial charge in [0.15, 0.2) is 0 Å². The fourth-order valence-corrected chi connectivity index (χ4v) is 4.96. The highest BCUT2D eigenvalue weighted by molar-refractivity contribution is 7.89. The lowest BCUT2D eigenvalue weighted by Crippen LogP contribution is -2.32. The zero-order valence-electron chi connectivity index (χ0n) is 10.8. The normalized spacial score (nSPS) is 12.0. The second kappa shape index (κ2) is 6.47. The van der Waals surface area contributed by atoms with Crippen molar-refractivity contribution < 1.29 is 8.42 Å². The summed E-state index contributed by atoms with van der Waals surface area (Å²) in [5, 5.41) is 1.84. The number of rotatable bonds is 7. The Morgan fingerprint density at radius 3 is 2.72 bits per heavy atom. The van der Waals surface area contributed by atoms with Gasteiger partial charge >= 0.3 is 0 Å². The average molecular weight is 288 g/mol. The molecule has 4 nitrogen and oxygen atoms in total. The van der Waals surface area contributed by atoms with Crippen molar-refractivity contribution in [2.24, 2.45) is 5.73 Å². The molecule has 0 saturated heterocycles. The maximum Gasteiger partial charge on any atom is 0.244 e. The van der Waals surface area contributed by atoms with Crippen LogP contribution in [-0.4, -0.2) is 25.8 Å². The summed E-state index contributed by atoms with van der Waals surface area (Å²) in [5.41, 5.74) is 6.39. The maximum absolute atomic E-state index is 12.6. The third kappa shape index (κ3) is 3.00. The van der Waals surface area contributed by atoms with Crippen LogP contribution >= 0.6 is 11.3 Å². The SMILES string of the molecule is C=CCN(CCC)S(=O)(=O)c1c(C)csc1CN. The smallest absolute Gasteiger partial charge is 0.244 e. The summed E-state index contributed by atoms with van der Waals surface area (Å²) < 4.78 is 26.7. The highest BCUT2D eigenvalue weighted by Crippen LogP contribution is 2.29. The first-order valence-electron chi connectivity index (χ1n) is 5.87. The van der Waals surface area contributed by atoms with Crippen molar-refractivity contribution >= 4 is 21.4 Å². The summed E-state index contributed by atoms with van der Waals surface area (Å²) in [6.45, 7) is 8.45. The number of hydrogen-bond acceptors (Lipinski definition) is 4. The lowest BCUT2D eigenvalue weighted by atomic mass is 10.3. The lowest BCUT2D eigenvalue weighted by molar-refractivity contribution is 0.441. The van der Waals surface area contributed by atoms with E-state index in [1.54, 1.807) is 13.0 Å². The first kappa shape index (κ1) is 15.4. The van der Waals surface area contributed by atoms with Crippen LogP contribution in [0.3, 0.4) is 0 Å². The lowest BCUT2D eigenvalue weighted by Gasteiger charge is -2.20. The molecule has 0 aliphatic rings. The number of thiophene rings is 1. The van der Waals surface area contributed by atoms with Crippen molar-refractivity contribution in [2.45, 2.75) is 31.7 Å². The first-order chi connectivity index (χ1) is 8.48. The Morgan fingerprint density at radius 1 is 1.56 bits per heavy atom. The zero-order valence-corrected chi connectivity index (χ0v) is 12.5. The molecule has 0 aliphatic heterocycles. The van der Waals surface area contributed by atoms with Gasteiger partial charge in [-0.05, 0) is 24.3 Å². The number of nitrogens with zero attached hydrogens (tertiary/aromatic N) is 1. The van der Waals surface area contributed by atoms with Crippen LogP contribution in [0.2, 0.25) is 0 Å². The largest absolute Gasteiger partial charge is 0.326 e. The molecule has 0 saturated carbocycles. The molecular formula is C12H20N2O2S2. The van der Waals surface area contributed by atoms with Crippen molar-refractivity contribution in [1.29, 1.82) is 0 Å². The molecule has 0 radical (unpaired) electrons. The Labute approximate surface area is 113 Å². The minimum absolute atomic E-state index is 0.251. The first-order valence-corrected chi connectivity index (χ1v) is 8.19. The monoisotopic (exact) mass is 288 g/mol. The molecule has 0 bridgehead atoms. The molecule has 0 fully saturated rings. The zero-order chi connectivity index (χ0) is 13.8. The van der Waals surface area contributed by atoms with Crippen molar-refractivity contribution in [2.75, 3.05) is 13.1 Å². The summed E-state index contributed by atoms with van der Waals surface area (Å²) in [6, 6.07) is 0. The average Bonchev–Trinajstić information content (AvgIpc) is 2.70. The molecule has 0 aliphatic carbocycles. The van der Waals surface area contributed by atoms with E-state index >= 15 is 0 Å². The second-order valence-electron chi connectivity index (χ2n) is 4.03. The highest BCUT2D eigenvalue weighted by atomic mass is 32.2. The molecule has 6 heteroatoms. The third-order valence-electron chi connectivity index (χ3n) is 2.58. The van der Waals surface area contributed by atoms with E-state index in [1.807, 2.05) is 12.3 Å². The maximum atomic E-state index is 12.6. The Kier molecular flexibility index (Phi) is 5.52. The fraction of sp³-hybridized carbons (Fsp3) is 0.500. The Hall–Kier alpha value is -0.690. The van der Waals surface area contributed by atoms with Crippen LogP contribution in [0.5, 0.6) is 0 Å². The molecule has 0 spiro atoms. The molecular weight excluding hydrogens is 268 g/mol. The van der Waals surface area contributed by atoms with E-state index in [9.17, 15) is 8.42 Å². The van der Waals surface area contributed by atoms with Crippen molar-refractivity contribution in [3.05, 3.63) is 28.5 Å². The van der Waals surface area contributed by atoms with Gasteiger partial charge in [-0.3, -0.25) is 0 Å². The van der Waals surface area contributed by atoms with Crippen LogP contribution in [0.15, 0.2) is 22.9 Å². The van der Waals surface area contributed by atoms with Crippen LogP contribution in [0.1, 0.15) is 23.8 Å². The summed E-state index contributed by atoms with van der Waals surface area (Å²) >= 11 is 1.40. The van der Waals surface area contributed by atoms with Gasteiger partial charge in [0.05, 0.1) is 0 Å². The van der Waals surface area contributed by atoms with Crippen molar-refractivity contribution in [3.63, 3.8) is 0 Å². The van der Waals surface area contributed by atoms with Gasteiger partial charge in [0.1, 0.15) is 4.90 Å². The van der Waals surface area contributed by atoms with Crippen LogP contribution in [0.4, 0.5) is 0 Å². The summed E-state index contributed by atoms with van der Waals surface area (Å²) in [6.07, 6.45) is 2.38. The predicted octanol–water partition coefficient (Wildman–Crippen LogP) is 2.10. The summed E-state index contributed by atoms with van der Waals surface area (Å²) in [7, 11) is -3.46. The van der Waals surface area contributed by atoms with Gasteiger partial charge in [0.25, 0.3) is 0 Å². The molecule has 1 aromatic rings. The van der Waals surface area contributed by atoms with Gasteiger partial charge in [-0.1, -0.05) is 13.0 Å². The molecule has 0 amide bonds. The Balaban J connectivity index is 3.25. The van der Waals surface area contributed by atoms with E-state index < -0.39 is 10.0 Å². The topological polar surface area (TPSA) is 63.4 Å². The van der Waals surface area contributed by atoms with Crippen LogP contribution in [0.25, 0.3) is 0 Å². The molecule has 1 rings (SSSR count). The summed E-state index contributed by atoms with van der Waals surface area (Å²) in [4.78, 5) is 1.10. The minimum atomic E-state index is -3.46. The van der Waals surface area contributed by atoms with Gasteiger partial charge < -0.3 is 5.73 Å². The van der Waals surface area contributed by atoms with Gasteiger partial charge in [-0.2, -0.15) is 4.31 Å². The Bertz CT molecular complexity index is 506. The Morgan fingerprint density at radius 2 is 2.22 bits per heavy atom. The fourth-order valence-electron chi connectivity index (χ4n) is 1.81. The van der Waals surface area contributed by atoms with E-state index in [1.165, 1.54) is 15.6 Å². The van der Waals surface area contributed by atoms with Crippen molar-refractivity contribution in [1.82, 2.24) is 4.31 Å². The predicted molar refractivity (Wildman–Crippen MR) is 76.2 cm³/mol. The van der Waals surface area contributed by atoms with Crippen LogP contribution in [-0.2, 0) is 16.6 Å². The molecule has 102 valence electrons. The highest BCUT2D eigenvalue weighted by Gasteiger charge is 2.28. The molecule has 0 atom stereocenters. The van der Waals surface area contributed by atoms with Gasteiger partial charge in [-0.15, -0.1) is 17.9 Å². The van der Waals surface area contributed by atoms with Gasteiger partial charge in [-0.25, -0.2) is 8.42 Å². The van der Waals surface area contributed by atoms with Crippen LogP contribution in [0, 0.1) is 6.92 Å². The van der Waals surface area contributed by atoms with Crippen LogP contribution < -0.4 is 5.73 Å². The number of nitrogens with two attached hydrogens (primary N) is 1. The van der Waals surface area contributed by atoms with E-state index in [4.69, 9.17) is 5.73 Å². The van der Waals surface area contributed by atoms with E-state index in [0.717, 1.165) is 16.9 Å². The standard InChI is InChI=1S/C12H20N2O2S2/c1-4-6-14(7-5-2)18(15,16)12-10(3)9-17-11(12)8-13/h4,9H,1,5-8,13H2,2-3H3. The molecule has 1 heterocycles. The quantitative estimate of drug-likeness (QED) is 0.782. The van der Waals surface area contributed by atoms with E-state index in [-0.39, 0.29) is 6.54 Å². The number of aryl methyl sites for hydroxylation is 1. The molecule has 2 N–H and O–H groups in total. The van der Waals surface area contributed by atoms with E-state index in [2.05, 4.69) is 6.58 Å². The van der Waals surface area contributed by atoms with E-state index in [0.29, 0.717) is 18.0 Å². The van der Waals surface area contributed by atoms with Gasteiger partial charge in [0, 0.05) is 24.5 Å². The second-order valence-corrected chi connectivity index (χ2v) is 6.87. The van der Waals surface area contributed by atoms with Crippen molar-refractivity contribution in [3.8, 4) is 0 Å². The number of sulfonamides is 1. The van der Waals surface area contributed by atoms with Gasteiger partial charge in [0.2, 0.25) is 10.0 Å². The third-order valence-corrected chi connectivity index (χ3v) is 5.93. The number of hydrogen-bond donors (Lipinski definition) is 1. The summed E-state index contributed by atoms with van der Waals surface area (Å²) in [5.74, 6) is 0. The minimum Gasteiger partial charge on any atom is -0.326 e. The molecule has 0 unspecified atom stereocenters. The molecule has 1 aromatic heterocycles.